The number of nitrogens with zero attached hydrogens (tertiary/aromatic N) is 3. The minimum absolute atomic E-state index is 0.844. The van der Waals surface area contributed by atoms with Gasteiger partial charge in [0.25, 0.3) is 0 Å². The Labute approximate surface area is 352 Å². The van der Waals surface area contributed by atoms with Crippen molar-refractivity contribution in [3.05, 3.63) is 200 Å². The van der Waals surface area contributed by atoms with Crippen LogP contribution in [0.3, 0.4) is 0 Å². The summed E-state index contributed by atoms with van der Waals surface area (Å²) < 4.78 is 18.5. The van der Waals surface area contributed by atoms with E-state index in [4.69, 9.17) is 9.47 Å². The fourth-order valence-corrected chi connectivity index (χ4v) is 9.57. The van der Waals surface area contributed by atoms with Crippen LogP contribution in [0.4, 0.5) is 0 Å². The maximum absolute atomic E-state index is 5.72. The SMILES string of the molecule is COc1ccc2c(c1)c1cc(-c3ccc4c(c3)c3cc(-c5ccc6c(c5)c5cc(OC)ccc5n6-c5ccccc5)ccc3n4-c3ccccc3)ccc1n2-c1ccccc1. The largest absolute Gasteiger partial charge is 0.497 e. The van der Waals surface area contributed by atoms with Crippen LogP contribution < -0.4 is 9.47 Å². The van der Waals surface area contributed by atoms with E-state index in [-0.39, 0.29) is 0 Å². The first-order valence-corrected chi connectivity index (χ1v) is 20.6. The second kappa shape index (κ2) is 13.8. The first-order chi connectivity index (χ1) is 30.1. The monoisotopic (exact) mass is 785 g/mol. The zero-order valence-electron chi connectivity index (χ0n) is 33.7. The molecule has 3 aromatic heterocycles. The van der Waals surface area contributed by atoms with Gasteiger partial charge in [-0.3, -0.25) is 0 Å². The Bertz CT molecular complexity index is 3430. The normalized spacial score (nSPS) is 11.8. The van der Waals surface area contributed by atoms with Crippen LogP contribution in [0.5, 0.6) is 11.5 Å². The van der Waals surface area contributed by atoms with E-state index in [1.807, 2.05) is 12.1 Å². The molecule has 0 aliphatic heterocycles. The van der Waals surface area contributed by atoms with Crippen molar-refractivity contribution in [3.63, 3.8) is 0 Å². The van der Waals surface area contributed by atoms with Crippen molar-refractivity contribution in [1.29, 1.82) is 0 Å². The molecule has 0 saturated heterocycles. The molecule has 0 bridgehead atoms. The predicted octanol–water partition coefficient (Wildman–Crippen LogP) is 14.3. The van der Waals surface area contributed by atoms with Gasteiger partial charge in [-0.15, -0.1) is 0 Å². The fourth-order valence-electron chi connectivity index (χ4n) is 9.57. The molecule has 0 N–H and O–H groups in total. The van der Waals surface area contributed by atoms with Gasteiger partial charge < -0.3 is 23.2 Å². The standard InChI is InChI=1S/C56H39N3O2/c1-60-43-22-28-55-49(34-43)47-32-38(20-26-53(47)58(55)41-14-8-4-9-15-41)36-18-24-51-45(30-36)46-31-37(19-25-52(46)57(51)40-12-6-3-7-13-40)39-21-27-54-48(33-39)50-35-44(61-2)23-29-56(50)59(54)42-16-10-5-11-17-42/h3-35H,1-2H3. The summed E-state index contributed by atoms with van der Waals surface area (Å²) in [5.41, 5.74) is 15.0. The molecule has 12 rings (SSSR count). The maximum Gasteiger partial charge on any atom is 0.119 e. The third kappa shape index (κ3) is 5.48. The number of methoxy groups -OCH3 is 2. The fraction of sp³-hybridized carbons (Fsp3) is 0.0357. The second-order valence-corrected chi connectivity index (χ2v) is 15.7. The highest BCUT2D eigenvalue weighted by molar-refractivity contribution is 6.15. The Balaban J connectivity index is 1.06. The summed E-state index contributed by atoms with van der Waals surface area (Å²) in [5, 5.41) is 7.11. The van der Waals surface area contributed by atoms with Crippen LogP contribution in [0.15, 0.2) is 200 Å². The summed E-state index contributed by atoms with van der Waals surface area (Å²) in [4.78, 5) is 0. The molecule has 0 saturated carbocycles. The van der Waals surface area contributed by atoms with Crippen molar-refractivity contribution < 1.29 is 9.47 Å². The van der Waals surface area contributed by atoms with Gasteiger partial charge in [-0.25, -0.2) is 0 Å². The van der Waals surface area contributed by atoms with E-state index in [1.165, 1.54) is 43.7 Å². The van der Waals surface area contributed by atoms with Crippen LogP contribution in [0.25, 0.3) is 105 Å². The van der Waals surface area contributed by atoms with E-state index in [9.17, 15) is 0 Å². The summed E-state index contributed by atoms with van der Waals surface area (Å²) in [6.45, 7) is 0. The van der Waals surface area contributed by atoms with Crippen molar-refractivity contribution in [3.8, 4) is 50.8 Å². The van der Waals surface area contributed by atoms with Gasteiger partial charge in [0.2, 0.25) is 0 Å². The van der Waals surface area contributed by atoms with Crippen LogP contribution in [-0.4, -0.2) is 27.9 Å². The Kier molecular flexibility index (Phi) is 7.91. The lowest BCUT2D eigenvalue weighted by Crippen LogP contribution is -1.93. The predicted molar refractivity (Wildman–Crippen MR) is 253 cm³/mol. The minimum atomic E-state index is 0.844. The molecular weight excluding hydrogens is 747 g/mol. The molecule has 9 aromatic carbocycles. The van der Waals surface area contributed by atoms with Gasteiger partial charge in [-0.1, -0.05) is 78.9 Å². The summed E-state index contributed by atoms with van der Waals surface area (Å²) in [6.07, 6.45) is 0. The van der Waals surface area contributed by atoms with Gasteiger partial charge in [0.05, 0.1) is 47.3 Å². The van der Waals surface area contributed by atoms with E-state index in [0.717, 1.165) is 72.5 Å². The molecule has 5 nitrogen and oxygen atoms in total. The topological polar surface area (TPSA) is 33.2 Å². The number of hydrogen-bond acceptors (Lipinski definition) is 2. The van der Waals surface area contributed by atoms with Gasteiger partial charge in [0, 0.05) is 49.4 Å². The summed E-state index contributed by atoms with van der Waals surface area (Å²) >= 11 is 0. The van der Waals surface area contributed by atoms with Crippen molar-refractivity contribution in [2.24, 2.45) is 0 Å². The number of benzene rings is 9. The number of para-hydroxylation sites is 3. The summed E-state index contributed by atoms with van der Waals surface area (Å²) in [7, 11) is 3.46. The lowest BCUT2D eigenvalue weighted by Gasteiger charge is -2.09. The van der Waals surface area contributed by atoms with Crippen LogP contribution in [-0.2, 0) is 0 Å². The van der Waals surface area contributed by atoms with Crippen molar-refractivity contribution in [1.82, 2.24) is 13.7 Å². The Hall–Kier alpha value is -8.02. The molecule has 61 heavy (non-hydrogen) atoms. The minimum Gasteiger partial charge on any atom is -0.497 e. The number of aromatic nitrogens is 3. The number of rotatable bonds is 7. The average Bonchev–Trinajstić information content (AvgIpc) is 3.96. The van der Waals surface area contributed by atoms with E-state index < -0.39 is 0 Å². The van der Waals surface area contributed by atoms with Gasteiger partial charge in [-0.2, -0.15) is 0 Å². The molecule has 0 aliphatic carbocycles. The molecule has 290 valence electrons. The Morgan fingerprint density at radius 3 is 0.770 bits per heavy atom. The third-order valence-corrected chi connectivity index (χ3v) is 12.4. The number of ether oxygens (including phenoxy) is 2. The lowest BCUT2D eigenvalue weighted by molar-refractivity contribution is 0.415. The highest BCUT2D eigenvalue weighted by atomic mass is 16.5. The van der Waals surface area contributed by atoms with E-state index in [2.05, 4.69) is 202 Å². The quantitative estimate of drug-likeness (QED) is 0.161. The molecular formula is C56H39N3O2. The highest BCUT2D eigenvalue weighted by Gasteiger charge is 2.19. The Morgan fingerprint density at radius 2 is 0.508 bits per heavy atom. The summed E-state index contributed by atoms with van der Waals surface area (Å²) in [5.74, 6) is 1.69. The van der Waals surface area contributed by atoms with E-state index >= 15 is 0 Å². The van der Waals surface area contributed by atoms with E-state index in [0.29, 0.717) is 0 Å². The molecule has 0 radical (unpaired) electrons. The number of fused-ring (bicyclic) bond motifs is 9. The zero-order valence-corrected chi connectivity index (χ0v) is 33.7. The van der Waals surface area contributed by atoms with Gasteiger partial charge in [-0.05, 0) is 144 Å². The molecule has 3 heterocycles. The molecule has 5 heteroatoms. The molecule has 0 atom stereocenters. The zero-order chi connectivity index (χ0) is 40.6. The molecule has 0 aliphatic rings. The van der Waals surface area contributed by atoms with Gasteiger partial charge in [0.15, 0.2) is 0 Å². The highest BCUT2D eigenvalue weighted by Crippen LogP contribution is 2.42. The van der Waals surface area contributed by atoms with Crippen LogP contribution in [0.1, 0.15) is 0 Å². The first kappa shape index (κ1) is 35.0. The van der Waals surface area contributed by atoms with Crippen molar-refractivity contribution >= 4 is 65.4 Å². The van der Waals surface area contributed by atoms with Crippen LogP contribution >= 0.6 is 0 Å². The lowest BCUT2D eigenvalue weighted by atomic mass is 9.98. The summed E-state index contributed by atoms with van der Waals surface area (Å²) in [6, 6.07) is 72.2. The van der Waals surface area contributed by atoms with Gasteiger partial charge in [0.1, 0.15) is 11.5 Å². The number of hydrogen-bond donors (Lipinski definition) is 0. The van der Waals surface area contributed by atoms with Crippen LogP contribution in [0, 0.1) is 0 Å². The molecule has 0 spiro atoms. The molecule has 0 amide bonds. The molecule has 0 unspecified atom stereocenters. The smallest absolute Gasteiger partial charge is 0.119 e. The first-order valence-electron chi connectivity index (χ1n) is 20.6. The third-order valence-electron chi connectivity index (χ3n) is 12.4. The van der Waals surface area contributed by atoms with E-state index in [1.54, 1.807) is 14.2 Å². The van der Waals surface area contributed by atoms with Gasteiger partial charge >= 0.3 is 0 Å². The van der Waals surface area contributed by atoms with Crippen molar-refractivity contribution in [2.45, 2.75) is 0 Å². The Morgan fingerprint density at radius 1 is 0.262 bits per heavy atom. The second-order valence-electron chi connectivity index (χ2n) is 15.7. The van der Waals surface area contributed by atoms with Crippen molar-refractivity contribution in [2.75, 3.05) is 14.2 Å². The maximum atomic E-state index is 5.72. The molecule has 12 aromatic rings. The average molecular weight is 786 g/mol. The van der Waals surface area contributed by atoms with Crippen LogP contribution in [0.2, 0.25) is 0 Å². The molecule has 0 fully saturated rings.